The number of nitrogens with two attached hydrogens (primary N) is 1. The number of nitrogens with zero attached hydrogens (tertiary/aromatic N) is 2. The Morgan fingerprint density at radius 2 is 1.94 bits per heavy atom. The highest BCUT2D eigenvalue weighted by molar-refractivity contribution is 9.10. The number of anilines is 2. The van der Waals surface area contributed by atoms with Crippen molar-refractivity contribution in [1.29, 1.82) is 0 Å². The monoisotopic (exact) mass is 284 g/mol. The van der Waals surface area contributed by atoms with E-state index in [1.807, 2.05) is 18.2 Å². The van der Waals surface area contributed by atoms with Gasteiger partial charge in [-0.15, -0.1) is 0 Å². The summed E-state index contributed by atoms with van der Waals surface area (Å²) in [5.74, 6) is 0. The first kappa shape index (κ1) is 11.7. The number of nitrogen functional groups attached to an aromatic ring is 1. The summed E-state index contributed by atoms with van der Waals surface area (Å²) in [4.78, 5) is 2.32. The number of benzene rings is 1. The Labute approximate surface area is 104 Å². The molecule has 4 nitrogen and oxygen atoms in total. The lowest BCUT2D eigenvalue weighted by Gasteiger charge is -2.33. The SMILES string of the molecule is CN1CCN(Nc2ccc(Br)cc2N)CC1. The first-order valence-corrected chi connectivity index (χ1v) is 6.19. The molecule has 1 aromatic rings. The molecule has 2 rings (SSSR count). The summed E-state index contributed by atoms with van der Waals surface area (Å²) in [5, 5.41) is 2.21. The molecule has 1 heterocycles. The number of rotatable bonds is 2. The van der Waals surface area contributed by atoms with Crippen molar-refractivity contribution in [2.75, 3.05) is 44.4 Å². The second-order valence-corrected chi connectivity index (χ2v) is 5.05. The molecule has 1 aliphatic rings. The van der Waals surface area contributed by atoms with Crippen LogP contribution in [0.2, 0.25) is 0 Å². The fourth-order valence-electron chi connectivity index (χ4n) is 1.72. The van der Waals surface area contributed by atoms with Gasteiger partial charge in [0.15, 0.2) is 0 Å². The lowest BCUT2D eigenvalue weighted by molar-refractivity contribution is 0.179. The molecule has 1 saturated heterocycles. The first-order chi connectivity index (χ1) is 7.65. The van der Waals surface area contributed by atoms with Crippen molar-refractivity contribution in [1.82, 2.24) is 9.91 Å². The fourth-order valence-corrected chi connectivity index (χ4v) is 2.10. The maximum absolute atomic E-state index is 5.94. The van der Waals surface area contributed by atoms with E-state index in [2.05, 4.69) is 38.3 Å². The number of nitrogens with one attached hydrogen (secondary N) is 1. The van der Waals surface area contributed by atoms with Crippen LogP contribution in [0.15, 0.2) is 22.7 Å². The van der Waals surface area contributed by atoms with Crippen molar-refractivity contribution in [3.05, 3.63) is 22.7 Å². The van der Waals surface area contributed by atoms with Crippen LogP contribution < -0.4 is 11.2 Å². The topological polar surface area (TPSA) is 44.5 Å². The van der Waals surface area contributed by atoms with E-state index < -0.39 is 0 Å². The standard InChI is InChI=1S/C11H17BrN4/c1-15-4-6-16(7-5-15)14-11-3-2-9(12)8-10(11)13/h2-3,8,14H,4-7,13H2,1H3. The zero-order chi connectivity index (χ0) is 11.5. The predicted octanol–water partition coefficient (Wildman–Crippen LogP) is 1.61. The number of hydrazine groups is 1. The summed E-state index contributed by atoms with van der Waals surface area (Å²) in [6, 6.07) is 5.91. The summed E-state index contributed by atoms with van der Waals surface area (Å²) in [7, 11) is 2.14. The number of halogens is 1. The van der Waals surface area contributed by atoms with Gasteiger partial charge in [-0.05, 0) is 25.2 Å². The molecule has 0 aliphatic carbocycles. The third kappa shape index (κ3) is 2.87. The third-order valence-electron chi connectivity index (χ3n) is 2.80. The Morgan fingerprint density at radius 3 is 2.56 bits per heavy atom. The van der Waals surface area contributed by atoms with Crippen LogP contribution in [0, 0.1) is 0 Å². The Hall–Kier alpha value is -0.780. The minimum Gasteiger partial charge on any atom is -0.397 e. The van der Waals surface area contributed by atoms with Gasteiger partial charge in [0, 0.05) is 30.7 Å². The molecule has 0 spiro atoms. The molecular weight excluding hydrogens is 268 g/mol. The van der Waals surface area contributed by atoms with E-state index in [1.54, 1.807) is 0 Å². The summed E-state index contributed by atoms with van der Waals surface area (Å²) in [5.41, 5.74) is 11.0. The molecule has 88 valence electrons. The van der Waals surface area contributed by atoms with Crippen molar-refractivity contribution >= 4 is 27.3 Å². The molecule has 0 radical (unpaired) electrons. The van der Waals surface area contributed by atoms with Crippen LogP contribution in [-0.4, -0.2) is 43.1 Å². The largest absolute Gasteiger partial charge is 0.397 e. The van der Waals surface area contributed by atoms with Crippen molar-refractivity contribution in [2.24, 2.45) is 0 Å². The number of piperazine rings is 1. The van der Waals surface area contributed by atoms with Gasteiger partial charge in [0.2, 0.25) is 0 Å². The van der Waals surface area contributed by atoms with Crippen molar-refractivity contribution in [3.63, 3.8) is 0 Å². The van der Waals surface area contributed by atoms with Gasteiger partial charge >= 0.3 is 0 Å². The smallest absolute Gasteiger partial charge is 0.0720 e. The minimum atomic E-state index is 0.772. The Morgan fingerprint density at radius 1 is 1.25 bits per heavy atom. The van der Waals surface area contributed by atoms with Crippen LogP contribution in [0.3, 0.4) is 0 Å². The molecular formula is C11H17BrN4. The van der Waals surface area contributed by atoms with Crippen LogP contribution in [0.1, 0.15) is 0 Å². The first-order valence-electron chi connectivity index (χ1n) is 5.40. The second-order valence-electron chi connectivity index (χ2n) is 4.13. The molecule has 1 aliphatic heterocycles. The van der Waals surface area contributed by atoms with Crippen LogP contribution in [0.5, 0.6) is 0 Å². The van der Waals surface area contributed by atoms with Gasteiger partial charge in [-0.3, -0.25) is 0 Å². The second kappa shape index (κ2) is 5.03. The Kier molecular flexibility index (Phi) is 3.68. The van der Waals surface area contributed by atoms with E-state index in [9.17, 15) is 0 Å². The molecule has 1 fully saturated rings. The van der Waals surface area contributed by atoms with Crippen LogP contribution >= 0.6 is 15.9 Å². The zero-order valence-electron chi connectivity index (χ0n) is 9.41. The fraction of sp³-hybridized carbons (Fsp3) is 0.455. The highest BCUT2D eigenvalue weighted by Crippen LogP contribution is 2.23. The van der Waals surface area contributed by atoms with Gasteiger partial charge in [-0.25, -0.2) is 5.01 Å². The summed E-state index contributed by atoms with van der Waals surface area (Å²) < 4.78 is 1.01. The van der Waals surface area contributed by atoms with E-state index >= 15 is 0 Å². The lowest BCUT2D eigenvalue weighted by atomic mass is 10.3. The van der Waals surface area contributed by atoms with Crippen LogP contribution in [-0.2, 0) is 0 Å². The molecule has 0 aromatic heterocycles. The molecule has 5 heteroatoms. The summed E-state index contributed by atoms with van der Waals surface area (Å²) in [6.07, 6.45) is 0. The third-order valence-corrected chi connectivity index (χ3v) is 3.29. The molecule has 0 saturated carbocycles. The van der Waals surface area contributed by atoms with E-state index in [0.29, 0.717) is 0 Å². The molecule has 1 aromatic carbocycles. The van der Waals surface area contributed by atoms with Crippen molar-refractivity contribution in [2.45, 2.75) is 0 Å². The minimum absolute atomic E-state index is 0.772. The quantitative estimate of drug-likeness (QED) is 0.810. The molecule has 3 N–H and O–H groups in total. The van der Waals surface area contributed by atoms with Gasteiger partial charge < -0.3 is 16.1 Å². The number of hydrogen-bond donors (Lipinski definition) is 2. The van der Waals surface area contributed by atoms with E-state index in [1.165, 1.54) is 0 Å². The van der Waals surface area contributed by atoms with Gasteiger partial charge in [-0.2, -0.15) is 0 Å². The molecule has 0 atom stereocenters. The highest BCUT2D eigenvalue weighted by Gasteiger charge is 2.14. The average molecular weight is 285 g/mol. The maximum Gasteiger partial charge on any atom is 0.0720 e. The number of likely N-dealkylation sites (N-methyl/N-ethyl adjacent to an activating group) is 1. The molecule has 0 amide bonds. The average Bonchev–Trinajstić information content (AvgIpc) is 2.25. The van der Waals surface area contributed by atoms with E-state index in [-0.39, 0.29) is 0 Å². The molecule has 0 unspecified atom stereocenters. The number of hydrogen-bond acceptors (Lipinski definition) is 4. The maximum atomic E-state index is 5.94. The van der Waals surface area contributed by atoms with Crippen LogP contribution in [0.4, 0.5) is 11.4 Å². The molecule has 0 bridgehead atoms. The van der Waals surface area contributed by atoms with Gasteiger partial charge in [0.1, 0.15) is 0 Å². The van der Waals surface area contributed by atoms with Crippen molar-refractivity contribution < 1.29 is 0 Å². The van der Waals surface area contributed by atoms with Crippen molar-refractivity contribution in [3.8, 4) is 0 Å². The highest BCUT2D eigenvalue weighted by atomic mass is 79.9. The van der Waals surface area contributed by atoms with Gasteiger partial charge in [0.25, 0.3) is 0 Å². The normalized spacial score (nSPS) is 18.6. The van der Waals surface area contributed by atoms with Gasteiger partial charge in [0.05, 0.1) is 11.4 Å². The lowest BCUT2D eigenvalue weighted by Crippen LogP contribution is -2.47. The summed E-state index contributed by atoms with van der Waals surface area (Å²) in [6.45, 7) is 4.21. The molecule has 16 heavy (non-hydrogen) atoms. The van der Waals surface area contributed by atoms with E-state index in [0.717, 1.165) is 42.0 Å². The Balaban J connectivity index is 1.98. The summed E-state index contributed by atoms with van der Waals surface area (Å²) >= 11 is 3.40. The zero-order valence-corrected chi connectivity index (χ0v) is 11.0. The predicted molar refractivity (Wildman–Crippen MR) is 71.2 cm³/mol. The van der Waals surface area contributed by atoms with Gasteiger partial charge in [-0.1, -0.05) is 15.9 Å². The van der Waals surface area contributed by atoms with Crippen LogP contribution in [0.25, 0.3) is 0 Å². The van der Waals surface area contributed by atoms with E-state index in [4.69, 9.17) is 5.73 Å². The Bertz CT molecular complexity index is 361.